The maximum absolute atomic E-state index is 6.13. The number of tetrazole rings is 1. The van der Waals surface area contributed by atoms with E-state index in [0.717, 1.165) is 60.3 Å². The van der Waals surface area contributed by atoms with Crippen LogP contribution in [0.1, 0.15) is 38.2 Å². The van der Waals surface area contributed by atoms with Crippen molar-refractivity contribution < 1.29 is 0 Å². The van der Waals surface area contributed by atoms with Gasteiger partial charge in [-0.3, -0.25) is 0 Å². The fourth-order valence-corrected chi connectivity index (χ4v) is 5.10. The lowest BCUT2D eigenvalue weighted by Gasteiger charge is -2.34. The van der Waals surface area contributed by atoms with Crippen molar-refractivity contribution in [1.29, 1.82) is 0 Å². The summed E-state index contributed by atoms with van der Waals surface area (Å²) in [7, 11) is 0. The van der Waals surface area contributed by atoms with Crippen LogP contribution >= 0.6 is 11.6 Å². The van der Waals surface area contributed by atoms with Crippen LogP contribution in [0.2, 0.25) is 5.02 Å². The zero-order valence-electron chi connectivity index (χ0n) is 18.2. The number of nitrogens with one attached hydrogen (secondary N) is 1. The van der Waals surface area contributed by atoms with Gasteiger partial charge in [-0.1, -0.05) is 18.5 Å². The predicted octanol–water partition coefficient (Wildman–Crippen LogP) is 3.42. The highest BCUT2D eigenvalue weighted by Crippen LogP contribution is 2.50. The molecule has 0 spiro atoms. The van der Waals surface area contributed by atoms with Gasteiger partial charge in [-0.05, 0) is 71.9 Å². The van der Waals surface area contributed by atoms with Gasteiger partial charge in [0, 0.05) is 25.8 Å². The summed E-state index contributed by atoms with van der Waals surface area (Å²) >= 11 is 6.13. The average Bonchev–Trinajstić information content (AvgIpc) is 3.38. The zero-order valence-corrected chi connectivity index (χ0v) is 19.0. The number of rotatable bonds is 8. The first-order valence-electron chi connectivity index (χ1n) is 11.4. The maximum Gasteiger partial charge on any atom is 0.222 e. The molecule has 168 valence electrons. The number of aromatic nitrogens is 7. The van der Waals surface area contributed by atoms with Crippen molar-refractivity contribution in [1.82, 2.24) is 35.2 Å². The molecule has 5 rings (SSSR count). The summed E-state index contributed by atoms with van der Waals surface area (Å²) in [5, 5.41) is 15.2. The van der Waals surface area contributed by atoms with Crippen molar-refractivity contribution >= 4 is 23.4 Å². The third-order valence-electron chi connectivity index (χ3n) is 6.76. The quantitative estimate of drug-likeness (QED) is 0.554. The topological polar surface area (TPSA) is 97.5 Å². The lowest BCUT2D eigenvalue weighted by atomic mass is 9.90. The molecule has 2 unspecified atom stereocenters. The molecule has 9 nitrogen and oxygen atoms in total. The fourth-order valence-electron chi connectivity index (χ4n) is 4.92. The van der Waals surface area contributed by atoms with Crippen LogP contribution in [0.25, 0.3) is 5.69 Å². The molecule has 0 aromatic carbocycles. The van der Waals surface area contributed by atoms with Gasteiger partial charge in [0.15, 0.2) is 0 Å². The normalized spacial score (nSPS) is 21.0. The first kappa shape index (κ1) is 21.1. The van der Waals surface area contributed by atoms with Gasteiger partial charge < -0.3 is 10.2 Å². The number of nitrogens with zero attached hydrogens (tertiary/aromatic N) is 8. The fraction of sp³-hybridized carbons (Fsp3) is 0.545. The number of anilines is 2. The second-order valence-electron chi connectivity index (χ2n) is 8.71. The van der Waals surface area contributed by atoms with Crippen molar-refractivity contribution in [3.05, 3.63) is 41.6 Å². The minimum atomic E-state index is 0.648. The SMILES string of the molecule is CCc1cc(Cl)cnc1N1CCC(C2CC2CCNc2ncc(-n3cnnn3)cn2)CC1. The molecule has 2 fully saturated rings. The lowest BCUT2D eigenvalue weighted by molar-refractivity contribution is 0.344. The van der Waals surface area contributed by atoms with Crippen LogP contribution in [0.15, 0.2) is 31.0 Å². The van der Waals surface area contributed by atoms with E-state index in [4.69, 9.17) is 11.6 Å². The van der Waals surface area contributed by atoms with Crippen LogP contribution in [0, 0.1) is 17.8 Å². The Bertz CT molecular complexity index is 1020. The van der Waals surface area contributed by atoms with Crippen molar-refractivity contribution in [2.24, 2.45) is 17.8 Å². The molecule has 1 aliphatic carbocycles. The van der Waals surface area contributed by atoms with Crippen molar-refractivity contribution in [3.8, 4) is 5.69 Å². The van der Waals surface area contributed by atoms with E-state index >= 15 is 0 Å². The standard InChI is InChI=1S/C22H28ClN9/c1-2-15-9-18(23)11-25-21(15)31-7-4-16(5-8-31)20-10-17(20)3-6-24-22-26-12-19(13-27-22)32-14-28-29-30-32/h9,11-14,16-17,20H,2-8,10H2,1H3,(H,24,26,27). The highest BCUT2D eigenvalue weighted by Gasteiger charge is 2.43. The van der Waals surface area contributed by atoms with Gasteiger partial charge in [0.1, 0.15) is 17.8 Å². The highest BCUT2D eigenvalue weighted by atomic mass is 35.5. The Morgan fingerprint density at radius 2 is 1.94 bits per heavy atom. The molecule has 1 N–H and O–H groups in total. The second-order valence-corrected chi connectivity index (χ2v) is 9.15. The molecule has 1 aliphatic heterocycles. The molecular formula is C22H28ClN9. The molecule has 32 heavy (non-hydrogen) atoms. The number of hydrogen-bond donors (Lipinski definition) is 1. The zero-order chi connectivity index (χ0) is 21.9. The molecular weight excluding hydrogens is 426 g/mol. The Balaban J connectivity index is 1.05. The first-order chi connectivity index (χ1) is 15.7. The molecule has 1 saturated heterocycles. The third-order valence-corrected chi connectivity index (χ3v) is 6.97. The smallest absolute Gasteiger partial charge is 0.222 e. The summed E-state index contributed by atoms with van der Waals surface area (Å²) < 4.78 is 1.54. The van der Waals surface area contributed by atoms with Gasteiger partial charge >= 0.3 is 0 Å². The van der Waals surface area contributed by atoms with E-state index < -0.39 is 0 Å². The summed E-state index contributed by atoms with van der Waals surface area (Å²) in [5.41, 5.74) is 1.99. The van der Waals surface area contributed by atoms with Crippen LogP contribution in [-0.2, 0) is 6.42 Å². The Morgan fingerprint density at radius 3 is 2.66 bits per heavy atom. The summed E-state index contributed by atoms with van der Waals surface area (Å²) in [4.78, 5) is 15.8. The second kappa shape index (κ2) is 9.36. The van der Waals surface area contributed by atoms with E-state index in [-0.39, 0.29) is 0 Å². The molecule has 3 aromatic heterocycles. The third kappa shape index (κ3) is 4.67. The van der Waals surface area contributed by atoms with E-state index in [9.17, 15) is 0 Å². The number of piperidine rings is 1. The van der Waals surface area contributed by atoms with Crippen LogP contribution in [0.5, 0.6) is 0 Å². The summed E-state index contributed by atoms with van der Waals surface area (Å²) in [6.45, 7) is 5.25. The molecule has 4 heterocycles. The molecule has 10 heteroatoms. The van der Waals surface area contributed by atoms with Crippen molar-refractivity contribution in [2.75, 3.05) is 29.9 Å². The Labute approximate surface area is 192 Å². The molecule has 1 saturated carbocycles. The number of halogens is 1. The number of hydrogen-bond acceptors (Lipinski definition) is 8. The largest absolute Gasteiger partial charge is 0.356 e. The monoisotopic (exact) mass is 453 g/mol. The van der Waals surface area contributed by atoms with Gasteiger partial charge in [0.2, 0.25) is 5.95 Å². The Morgan fingerprint density at radius 1 is 1.12 bits per heavy atom. The molecule has 2 aliphatic rings. The molecule has 0 amide bonds. The number of pyridine rings is 1. The van der Waals surface area contributed by atoms with Crippen LogP contribution in [0.3, 0.4) is 0 Å². The van der Waals surface area contributed by atoms with Crippen LogP contribution < -0.4 is 10.2 Å². The molecule has 2 atom stereocenters. The van der Waals surface area contributed by atoms with E-state index in [2.05, 4.69) is 53.7 Å². The van der Waals surface area contributed by atoms with Gasteiger partial charge in [0.05, 0.1) is 17.4 Å². The van der Waals surface area contributed by atoms with E-state index in [1.807, 2.05) is 0 Å². The first-order valence-corrected chi connectivity index (χ1v) is 11.8. The Kier molecular flexibility index (Phi) is 6.16. The molecule has 3 aromatic rings. The number of aryl methyl sites for hydroxylation is 1. The van der Waals surface area contributed by atoms with Gasteiger partial charge in [-0.15, -0.1) is 5.10 Å². The van der Waals surface area contributed by atoms with Crippen LogP contribution in [-0.4, -0.2) is 54.8 Å². The highest BCUT2D eigenvalue weighted by molar-refractivity contribution is 6.30. The lowest BCUT2D eigenvalue weighted by Crippen LogP contribution is -2.35. The molecule has 0 bridgehead atoms. The summed E-state index contributed by atoms with van der Waals surface area (Å²) in [6.07, 6.45) is 12.7. The van der Waals surface area contributed by atoms with Crippen LogP contribution in [0.4, 0.5) is 11.8 Å². The summed E-state index contributed by atoms with van der Waals surface area (Å²) in [5.74, 6) is 4.29. The average molecular weight is 454 g/mol. The van der Waals surface area contributed by atoms with E-state index in [1.54, 1.807) is 18.6 Å². The summed E-state index contributed by atoms with van der Waals surface area (Å²) in [6, 6.07) is 2.06. The van der Waals surface area contributed by atoms with Gasteiger partial charge in [-0.2, -0.15) is 4.68 Å². The van der Waals surface area contributed by atoms with Gasteiger partial charge in [0.25, 0.3) is 0 Å². The maximum atomic E-state index is 6.13. The van der Waals surface area contributed by atoms with E-state index in [1.165, 1.54) is 42.3 Å². The van der Waals surface area contributed by atoms with Gasteiger partial charge in [-0.25, -0.2) is 15.0 Å². The molecule has 0 radical (unpaired) electrons. The minimum Gasteiger partial charge on any atom is -0.356 e. The van der Waals surface area contributed by atoms with Crippen molar-refractivity contribution in [3.63, 3.8) is 0 Å². The van der Waals surface area contributed by atoms with Crippen molar-refractivity contribution in [2.45, 2.75) is 39.0 Å². The van der Waals surface area contributed by atoms with E-state index in [0.29, 0.717) is 5.95 Å². The predicted molar refractivity (Wildman–Crippen MR) is 123 cm³/mol. The Hall–Kier alpha value is -2.81. The minimum absolute atomic E-state index is 0.648.